The molecule has 2 heterocycles. The molecule has 2 aliphatic heterocycles. The van der Waals surface area contributed by atoms with Crippen LogP contribution in [-0.4, -0.2) is 99.2 Å². The van der Waals surface area contributed by atoms with Crippen LogP contribution in [0.15, 0.2) is 29.3 Å². The van der Waals surface area contributed by atoms with E-state index in [-0.39, 0.29) is 0 Å². The Hall–Kier alpha value is -1.50. The molecule has 0 unspecified atom stereocenters. The molecule has 2 saturated heterocycles. The number of nitrogens with zero attached hydrogens (tertiary/aromatic N) is 5. The van der Waals surface area contributed by atoms with Crippen molar-refractivity contribution in [3.8, 4) is 0 Å². The van der Waals surface area contributed by atoms with E-state index in [2.05, 4.69) is 50.9 Å². The molecular formula is C23H39ClN6. The summed E-state index contributed by atoms with van der Waals surface area (Å²) in [6.45, 7) is 17.4. The molecule has 2 fully saturated rings. The van der Waals surface area contributed by atoms with Gasteiger partial charge in [-0.25, -0.2) is 0 Å². The number of rotatable bonds is 8. The molecule has 3 rings (SSSR count). The number of guanidine groups is 1. The van der Waals surface area contributed by atoms with Gasteiger partial charge in [-0.05, 0) is 45.0 Å². The van der Waals surface area contributed by atoms with Gasteiger partial charge in [0, 0.05) is 65.4 Å². The van der Waals surface area contributed by atoms with Gasteiger partial charge in [-0.1, -0.05) is 30.7 Å². The summed E-state index contributed by atoms with van der Waals surface area (Å²) in [4.78, 5) is 14.8. The first-order valence-electron chi connectivity index (χ1n) is 11.7. The Kier molecular flexibility index (Phi) is 9.56. The number of likely N-dealkylation sites (N-methyl/N-ethyl adjacent to an activating group) is 1. The molecule has 1 aromatic rings. The zero-order valence-electron chi connectivity index (χ0n) is 18.8. The molecule has 0 spiro atoms. The molecule has 0 radical (unpaired) electrons. The normalized spacial score (nSPS) is 19.4. The highest BCUT2D eigenvalue weighted by atomic mass is 35.5. The van der Waals surface area contributed by atoms with Gasteiger partial charge < -0.3 is 24.9 Å². The fraction of sp³-hybridized carbons (Fsp3) is 0.696. The number of hydrogen-bond donors (Lipinski definition) is 1. The summed E-state index contributed by atoms with van der Waals surface area (Å²) < 4.78 is 0. The highest BCUT2D eigenvalue weighted by Crippen LogP contribution is 2.26. The molecule has 1 aromatic carbocycles. The number of unbranched alkanes of at least 4 members (excludes halogenated alkanes) is 1. The Morgan fingerprint density at radius 2 is 1.63 bits per heavy atom. The van der Waals surface area contributed by atoms with Gasteiger partial charge in [-0.3, -0.25) is 4.99 Å². The van der Waals surface area contributed by atoms with E-state index >= 15 is 0 Å². The maximum absolute atomic E-state index is 6.38. The van der Waals surface area contributed by atoms with Gasteiger partial charge >= 0.3 is 0 Å². The Labute approximate surface area is 187 Å². The van der Waals surface area contributed by atoms with E-state index in [1.807, 2.05) is 12.1 Å². The minimum Gasteiger partial charge on any atom is -0.367 e. The summed E-state index contributed by atoms with van der Waals surface area (Å²) >= 11 is 6.38. The Morgan fingerprint density at radius 3 is 2.30 bits per heavy atom. The fourth-order valence-corrected chi connectivity index (χ4v) is 4.51. The van der Waals surface area contributed by atoms with Crippen molar-refractivity contribution in [2.75, 3.05) is 83.4 Å². The zero-order valence-corrected chi connectivity index (χ0v) is 19.6. The largest absolute Gasteiger partial charge is 0.367 e. The van der Waals surface area contributed by atoms with E-state index in [0.29, 0.717) is 0 Å². The van der Waals surface area contributed by atoms with Crippen LogP contribution in [0.4, 0.5) is 5.69 Å². The van der Waals surface area contributed by atoms with Gasteiger partial charge in [-0.15, -0.1) is 0 Å². The second-order valence-corrected chi connectivity index (χ2v) is 8.55. The number of halogens is 1. The quantitative estimate of drug-likeness (QED) is 0.387. The maximum atomic E-state index is 6.38. The lowest BCUT2D eigenvalue weighted by Gasteiger charge is -2.38. The first kappa shape index (κ1) is 23.2. The number of hydrogen-bond acceptors (Lipinski definition) is 4. The van der Waals surface area contributed by atoms with E-state index in [9.17, 15) is 0 Å². The lowest BCUT2D eigenvalue weighted by molar-refractivity contribution is 0.136. The minimum absolute atomic E-state index is 0.836. The molecule has 0 saturated carbocycles. The van der Waals surface area contributed by atoms with E-state index in [0.717, 1.165) is 62.4 Å². The lowest BCUT2D eigenvalue weighted by atomic mass is 10.2. The second kappa shape index (κ2) is 12.4. The van der Waals surface area contributed by atoms with Crippen LogP contribution in [0, 0.1) is 0 Å². The summed E-state index contributed by atoms with van der Waals surface area (Å²) in [7, 11) is 0. The monoisotopic (exact) mass is 434 g/mol. The smallest absolute Gasteiger partial charge is 0.194 e. The molecule has 0 bridgehead atoms. The van der Waals surface area contributed by atoms with Gasteiger partial charge in [0.2, 0.25) is 0 Å². The van der Waals surface area contributed by atoms with Crippen LogP contribution < -0.4 is 10.2 Å². The maximum Gasteiger partial charge on any atom is 0.194 e. The van der Waals surface area contributed by atoms with Gasteiger partial charge in [0.15, 0.2) is 5.96 Å². The van der Waals surface area contributed by atoms with Gasteiger partial charge in [0.25, 0.3) is 0 Å². The topological polar surface area (TPSA) is 37.4 Å². The number of para-hydroxylation sites is 1. The molecule has 7 heteroatoms. The average molecular weight is 435 g/mol. The molecule has 0 amide bonds. The van der Waals surface area contributed by atoms with E-state index in [4.69, 9.17) is 16.6 Å². The van der Waals surface area contributed by atoms with Crippen molar-refractivity contribution in [2.45, 2.75) is 26.7 Å². The number of nitrogens with one attached hydrogen (secondary N) is 1. The summed E-state index contributed by atoms with van der Waals surface area (Å²) in [6, 6.07) is 8.13. The summed E-state index contributed by atoms with van der Waals surface area (Å²) in [5.74, 6) is 1.06. The van der Waals surface area contributed by atoms with Gasteiger partial charge in [-0.2, -0.15) is 0 Å². The van der Waals surface area contributed by atoms with E-state index < -0.39 is 0 Å². The van der Waals surface area contributed by atoms with Crippen LogP contribution in [0.3, 0.4) is 0 Å². The van der Waals surface area contributed by atoms with Crippen LogP contribution in [0.2, 0.25) is 5.02 Å². The summed E-state index contributed by atoms with van der Waals surface area (Å²) in [5.41, 5.74) is 1.14. The van der Waals surface area contributed by atoms with Crippen LogP contribution in [0.5, 0.6) is 0 Å². The van der Waals surface area contributed by atoms with Crippen molar-refractivity contribution < 1.29 is 0 Å². The second-order valence-electron chi connectivity index (χ2n) is 8.14. The number of benzene rings is 1. The van der Waals surface area contributed by atoms with Gasteiger partial charge in [0.1, 0.15) is 0 Å². The number of anilines is 1. The van der Waals surface area contributed by atoms with Crippen molar-refractivity contribution in [3.63, 3.8) is 0 Å². The standard InChI is InChI=1S/C23H39ClN6/c1-3-25-23(26-11-7-8-12-28-15-13-27(4-2)14-16-28)30-19-17-29(18-20-30)22-10-6-5-9-21(22)24/h5-6,9-10H,3-4,7-8,11-20H2,1-2H3,(H,25,26). The SMILES string of the molecule is CCNC(=NCCCCN1CCN(CC)CC1)N1CCN(c2ccccc2Cl)CC1. The average Bonchev–Trinajstić information content (AvgIpc) is 2.79. The molecule has 0 aliphatic carbocycles. The third-order valence-electron chi connectivity index (χ3n) is 6.16. The Bertz CT molecular complexity index is 651. The van der Waals surface area contributed by atoms with Crippen LogP contribution in [0.1, 0.15) is 26.7 Å². The van der Waals surface area contributed by atoms with E-state index in [1.54, 1.807) is 0 Å². The molecule has 30 heavy (non-hydrogen) atoms. The third-order valence-corrected chi connectivity index (χ3v) is 6.48. The highest BCUT2D eigenvalue weighted by Gasteiger charge is 2.21. The molecule has 168 valence electrons. The predicted molar refractivity (Wildman–Crippen MR) is 129 cm³/mol. The highest BCUT2D eigenvalue weighted by molar-refractivity contribution is 6.33. The van der Waals surface area contributed by atoms with Crippen molar-refractivity contribution >= 4 is 23.2 Å². The van der Waals surface area contributed by atoms with Crippen molar-refractivity contribution in [1.29, 1.82) is 0 Å². The van der Waals surface area contributed by atoms with Crippen LogP contribution >= 0.6 is 11.6 Å². The van der Waals surface area contributed by atoms with Crippen molar-refractivity contribution in [1.82, 2.24) is 20.0 Å². The number of piperazine rings is 2. The molecule has 1 N–H and O–H groups in total. The number of aliphatic imine (C=N–C) groups is 1. The molecule has 6 nitrogen and oxygen atoms in total. The summed E-state index contributed by atoms with van der Waals surface area (Å²) in [6.07, 6.45) is 2.39. The van der Waals surface area contributed by atoms with E-state index in [1.165, 1.54) is 45.7 Å². The first-order valence-corrected chi connectivity index (χ1v) is 12.1. The van der Waals surface area contributed by atoms with Crippen LogP contribution in [-0.2, 0) is 0 Å². The fourth-order valence-electron chi connectivity index (χ4n) is 4.25. The third kappa shape index (κ3) is 6.76. The molecular weight excluding hydrogens is 396 g/mol. The van der Waals surface area contributed by atoms with Crippen LogP contribution in [0.25, 0.3) is 0 Å². The molecule has 0 aromatic heterocycles. The van der Waals surface area contributed by atoms with Gasteiger partial charge in [0.05, 0.1) is 10.7 Å². The Balaban J connectivity index is 1.40. The van der Waals surface area contributed by atoms with Crippen molar-refractivity contribution in [3.05, 3.63) is 29.3 Å². The van der Waals surface area contributed by atoms with Crippen molar-refractivity contribution in [2.24, 2.45) is 4.99 Å². The Morgan fingerprint density at radius 1 is 0.933 bits per heavy atom. The first-order chi connectivity index (χ1) is 14.7. The molecule has 0 atom stereocenters. The minimum atomic E-state index is 0.836. The lowest BCUT2D eigenvalue weighted by Crippen LogP contribution is -2.52. The predicted octanol–water partition coefficient (Wildman–Crippen LogP) is 2.85. The zero-order chi connectivity index (χ0) is 21.2. The summed E-state index contributed by atoms with van der Waals surface area (Å²) in [5, 5.41) is 4.32. The molecule has 2 aliphatic rings.